The van der Waals surface area contributed by atoms with E-state index < -0.39 is 17.6 Å². The van der Waals surface area contributed by atoms with Gasteiger partial charge in [-0.3, -0.25) is 4.79 Å². The van der Waals surface area contributed by atoms with Gasteiger partial charge in [0.1, 0.15) is 11.6 Å². The number of halogens is 2. The number of benzene rings is 1. The van der Waals surface area contributed by atoms with Gasteiger partial charge in [-0.1, -0.05) is 6.07 Å². The maximum absolute atomic E-state index is 14.0. The quantitative estimate of drug-likeness (QED) is 0.627. The molecule has 0 aliphatic carbocycles. The van der Waals surface area contributed by atoms with Crippen LogP contribution in [0.1, 0.15) is 11.4 Å². The van der Waals surface area contributed by atoms with E-state index in [2.05, 4.69) is 30.7 Å². The molecule has 118 valence electrons. The highest BCUT2D eigenvalue weighted by Crippen LogP contribution is 2.22. The number of nitrogens with zero attached hydrogens (tertiary/aromatic N) is 4. The number of H-pyrrole nitrogens is 1. The second-order valence-electron chi connectivity index (χ2n) is 4.20. The van der Waals surface area contributed by atoms with Crippen molar-refractivity contribution >= 4 is 17.2 Å². The Balaban J connectivity index is 2.23. The van der Waals surface area contributed by atoms with Crippen LogP contribution in [0.5, 0.6) is 0 Å². The highest BCUT2D eigenvalue weighted by atomic mass is 19.2. The Morgan fingerprint density at radius 3 is 2.87 bits per heavy atom. The van der Waals surface area contributed by atoms with E-state index in [4.69, 9.17) is 5.26 Å². The molecule has 2 rings (SSSR count). The van der Waals surface area contributed by atoms with Crippen molar-refractivity contribution in [2.24, 2.45) is 0 Å². The van der Waals surface area contributed by atoms with Crippen molar-refractivity contribution in [3.05, 3.63) is 41.4 Å². The standard InChI is InChI=1S/C13H10F2N6O2/c1-23-10(22)4-7-2-3-9(12(15)11(7)14)17-6-8(5-16)13-18-20-21-19-13/h2-3,6,17H,4H2,1H3,(H,18,19,20,21). The number of esters is 1. The minimum Gasteiger partial charge on any atom is -0.469 e. The van der Waals surface area contributed by atoms with E-state index in [1.165, 1.54) is 12.1 Å². The van der Waals surface area contributed by atoms with Gasteiger partial charge in [0.25, 0.3) is 0 Å². The third kappa shape index (κ3) is 3.65. The number of carbonyl (C=O) groups is 1. The van der Waals surface area contributed by atoms with Crippen molar-refractivity contribution in [2.45, 2.75) is 6.42 Å². The van der Waals surface area contributed by atoms with Crippen molar-refractivity contribution in [1.82, 2.24) is 20.6 Å². The predicted octanol–water partition coefficient (Wildman–Crippen LogP) is 1.17. The Labute approximate surface area is 128 Å². The fourth-order valence-corrected chi connectivity index (χ4v) is 1.64. The average Bonchev–Trinajstić information content (AvgIpc) is 3.08. The van der Waals surface area contributed by atoms with Crippen LogP contribution in [0.25, 0.3) is 5.57 Å². The highest BCUT2D eigenvalue weighted by Gasteiger charge is 2.16. The summed E-state index contributed by atoms with van der Waals surface area (Å²) >= 11 is 0. The predicted molar refractivity (Wildman–Crippen MR) is 73.5 cm³/mol. The topological polar surface area (TPSA) is 117 Å². The van der Waals surface area contributed by atoms with Gasteiger partial charge < -0.3 is 10.1 Å². The maximum Gasteiger partial charge on any atom is 0.310 e. The van der Waals surface area contributed by atoms with Gasteiger partial charge in [0.15, 0.2) is 11.6 Å². The number of methoxy groups -OCH3 is 1. The summed E-state index contributed by atoms with van der Waals surface area (Å²) in [6.45, 7) is 0. The molecule has 2 aromatic rings. The summed E-state index contributed by atoms with van der Waals surface area (Å²) in [5.41, 5.74) is -0.382. The summed E-state index contributed by atoms with van der Waals surface area (Å²) in [5.74, 6) is -3.05. The second-order valence-corrected chi connectivity index (χ2v) is 4.20. The van der Waals surface area contributed by atoms with E-state index in [1.807, 2.05) is 0 Å². The minimum atomic E-state index is -1.19. The molecule has 0 saturated carbocycles. The van der Waals surface area contributed by atoms with Gasteiger partial charge >= 0.3 is 5.97 Å². The molecule has 2 N–H and O–H groups in total. The van der Waals surface area contributed by atoms with Gasteiger partial charge in [-0.05, 0) is 11.3 Å². The number of hydrogen-bond acceptors (Lipinski definition) is 7. The van der Waals surface area contributed by atoms with Gasteiger partial charge in [-0.15, -0.1) is 10.2 Å². The molecule has 0 aliphatic rings. The molecule has 0 atom stereocenters. The number of hydrogen-bond donors (Lipinski definition) is 2. The SMILES string of the molecule is COC(=O)Cc1ccc(NC=C(C#N)c2nn[nH]n2)c(F)c1F. The lowest BCUT2D eigenvalue weighted by atomic mass is 10.1. The van der Waals surface area contributed by atoms with Crippen LogP contribution < -0.4 is 5.32 Å². The van der Waals surface area contributed by atoms with Crippen LogP contribution >= 0.6 is 0 Å². The minimum absolute atomic E-state index is 0.00296. The van der Waals surface area contributed by atoms with E-state index in [-0.39, 0.29) is 29.1 Å². The van der Waals surface area contributed by atoms with Crippen LogP contribution in [0.15, 0.2) is 18.3 Å². The fourth-order valence-electron chi connectivity index (χ4n) is 1.64. The molecule has 1 aromatic heterocycles. The molecule has 10 heteroatoms. The largest absolute Gasteiger partial charge is 0.469 e. The maximum atomic E-state index is 14.0. The molecule has 8 nitrogen and oxygen atoms in total. The molecule has 23 heavy (non-hydrogen) atoms. The highest BCUT2D eigenvalue weighted by molar-refractivity contribution is 5.75. The number of aromatic nitrogens is 4. The Morgan fingerprint density at radius 1 is 1.48 bits per heavy atom. The van der Waals surface area contributed by atoms with Crippen molar-refractivity contribution in [3.63, 3.8) is 0 Å². The van der Waals surface area contributed by atoms with Crippen molar-refractivity contribution in [1.29, 1.82) is 5.26 Å². The number of nitriles is 1. The van der Waals surface area contributed by atoms with Gasteiger partial charge in [-0.25, -0.2) is 8.78 Å². The van der Waals surface area contributed by atoms with Crippen molar-refractivity contribution in [3.8, 4) is 6.07 Å². The van der Waals surface area contributed by atoms with Crippen molar-refractivity contribution in [2.75, 3.05) is 12.4 Å². The zero-order chi connectivity index (χ0) is 16.8. The Morgan fingerprint density at radius 2 is 2.26 bits per heavy atom. The van der Waals surface area contributed by atoms with E-state index in [0.717, 1.165) is 13.3 Å². The van der Waals surface area contributed by atoms with Crippen molar-refractivity contribution < 1.29 is 18.3 Å². The number of carbonyl (C=O) groups excluding carboxylic acids is 1. The van der Waals surface area contributed by atoms with Gasteiger partial charge in [0, 0.05) is 11.8 Å². The lowest BCUT2D eigenvalue weighted by Crippen LogP contribution is -2.08. The first-order chi connectivity index (χ1) is 11.1. The van der Waals surface area contributed by atoms with Crippen LogP contribution in [0.4, 0.5) is 14.5 Å². The van der Waals surface area contributed by atoms with Crippen LogP contribution in [0.2, 0.25) is 0 Å². The van der Waals surface area contributed by atoms with Gasteiger partial charge in [0.05, 0.1) is 19.2 Å². The van der Waals surface area contributed by atoms with Crippen LogP contribution in [0, 0.1) is 23.0 Å². The second kappa shape index (κ2) is 7.08. The lowest BCUT2D eigenvalue weighted by Gasteiger charge is -2.08. The summed E-state index contributed by atoms with van der Waals surface area (Å²) in [7, 11) is 1.15. The number of nitrogens with one attached hydrogen (secondary N) is 2. The van der Waals surface area contributed by atoms with E-state index >= 15 is 0 Å². The molecule has 0 saturated heterocycles. The number of ether oxygens (including phenoxy) is 1. The molecule has 0 fully saturated rings. The number of anilines is 1. The molecular formula is C13H10F2N6O2. The number of allylic oxidation sites excluding steroid dienone is 1. The summed E-state index contributed by atoms with van der Waals surface area (Å²) < 4.78 is 32.3. The summed E-state index contributed by atoms with van der Waals surface area (Å²) in [6.07, 6.45) is 0.727. The van der Waals surface area contributed by atoms with E-state index in [0.29, 0.717) is 0 Å². The summed E-state index contributed by atoms with van der Waals surface area (Å²) in [6, 6.07) is 4.27. The monoisotopic (exact) mass is 320 g/mol. The number of rotatable bonds is 5. The Hall–Kier alpha value is -3.35. The molecule has 0 spiro atoms. The van der Waals surface area contributed by atoms with Crippen LogP contribution in [-0.2, 0) is 16.0 Å². The van der Waals surface area contributed by atoms with Crippen LogP contribution in [-0.4, -0.2) is 33.7 Å². The Bertz CT molecular complexity index is 783. The fraction of sp³-hybridized carbons (Fsp3) is 0.154. The molecule has 0 amide bonds. The first-order valence-electron chi connectivity index (χ1n) is 6.21. The Kier molecular flexibility index (Phi) is 4.93. The molecule has 0 aliphatic heterocycles. The van der Waals surface area contributed by atoms with Crippen LogP contribution in [0.3, 0.4) is 0 Å². The number of tetrazole rings is 1. The first-order valence-corrected chi connectivity index (χ1v) is 6.21. The molecule has 1 aromatic carbocycles. The molecule has 0 unspecified atom stereocenters. The molecule has 0 radical (unpaired) electrons. The van der Waals surface area contributed by atoms with Gasteiger partial charge in [0.2, 0.25) is 5.82 Å². The summed E-state index contributed by atoms with van der Waals surface area (Å²) in [4.78, 5) is 11.1. The third-order valence-corrected chi connectivity index (χ3v) is 2.80. The summed E-state index contributed by atoms with van der Waals surface area (Å²) in [5, 5.41) is 24.1. The lowest BCUT2D eigenvalue weighted by molar-refractivity contribution is -0.139. The normalized spacial score (nSPS) is 11.0. The molecule has 1 heterocycles. The number of aromatic amines is 1. The first kappa shape index (κ1) is 16.0. The molecule has 0 bridgehead atoms. The third-order valence-electron chi connectivity index (χ3n) is 2.80. The van der Waals surface area contributed by atoms with E-state index in [1.54, 1.807) is 6.07 Å². The zero-order valence-electron chi connectivity index (χ0n) is 11.8. The smallest absolute Gasteiger partial charge is 0.310 e. The van der Waals surface area contributed by atoms with E-state index in [9.17, 15) is 13.6 Å². The average molecular weight is 320 g/mol. The molecular weight excluding hydrogens is 310 g/mol. The van der Waals surface area contributed by atoms with Gasteiger partial charge in [-0.2, -0.15) is 10.5 Å². The zero-order valence-corrected chi connectivity index (χ0v) is 11.8.